The molecule has 6 aromatic carbocycles. The Morgan fingerprint density at radius 2 is 1.05 bits per heavy atom. The number of imidazole rings is 1. The van der Waals surface area contributed by atoms with Gasteiger partial charge in [-0.1, -0.05) is 97.1 Å². The van der Waals surface area contributed by atoms with E-state index in [1.165, 1.54) is 32.6 Å². The molecule has 3 heteroatoms. The summed E-state index contributed by atoms with van der Waals surface area (Å²) >= 11 is 0. The fourth-order valence-electron chi connectivity index (χ4n) is 5.90. The highest BCUT2D eigenvalue weighted by atomic mass is 15.1. The highest BCUT2D eigenvalue weighted by molar-refractivity contribution is 6.27. The number of hydrogen-bond acceptors (Lipinski definition) is 1. The van der Waals surface area contributed by atoms with E-state index in [1.807, 2.05) is 0 Å². The number of para-hydroxylation sites is 3. The Morgan fingerprint density at radius 3 is 1.79 bits per heavy atom. The third-order valence-electron chi connectivity index (χ3n) is 7.49. The van der Waals surface area contributed by atoms with Crippen molar-refractivity contribution in [3.63, 3.8) is 0 Å². The first-order valence-electron chi connectivity index (χ1n) is 12.9. The highest BCUT2D eigenvalue weighted by Crippen LogP contribution is 2.41. The van der Waals surface area contributed by atoms with Gasteiger partial charge in [0.05, 0.1) is 22.1 Å². The monoisotopic (exact) mass is 485 g/mol. The number of hydrogen-bond donors (Lipinski definition) is 0. The largest absolute Gasteiger partial charge is 0.309 e. The molecule has 0 saturated carbocycles. The summed E-state index contributed by atoms with van der Waals surface area (Å²) in [6.07, 6.45) is 0. The van der Waals surface area contributed by atoms with Gasteiger partial charge in [0.25, 0.3) is 0 Å². The zero-order valence-corrected chi connectivity index (χ0v) is 20.6. The summed E-state index contributed by atoms with van der Waals surface area (Å²) in [5.41, 5.74) is 7.88. The molecule has 0 saturated heterocycles. The van der Waals surface area contributed by atoms with E-state index in [-0.39, 0.29) is 0 Å². The van der Waals surface area contributed by atoms with Crippen molar-refractivity contribution in [1.29, 1.82) is 0 Å². The van der Waals surface area contributed by atoms with Crippen LogP contribution in [0.3, 0.4) is 0 Å². The van der Waals surface area contributed by atoms with Crippen LogP contribution in [0.1, 0.15) is 0 Å². The minimum absolute atomic E-state index is 0.947. The second-order valence-corrected chi connectivity index (χ2v) is 9.65. The lowest BCUT2D eigenvalue weighted by molar-refractivity contribution is 1.11. The molecule has 0 radical (unpaired) electrons. The molecule has 0 unspecified atom stereocenters. The third-order valence-corrected chi connectivity index (χ3v) is 7.49. The summed E-state index contributed by atoms with van der Waals surface area (Å²) in [5, 5.41) is 4.93. The lowest BCUT2D eigenvalue weighted by atomic mass is 10.0. The maximum atomic E-state index is 5.22. The zero-order chi connectivity index (χ0) is 25.1. The van der Waals surface area contributed by atoms with E-state index in [2.05, 4.69) is 149 Å². The molecular formula is C35H23N3. The molecule has 2 aromatic heterocycles. The lowest BCUT2D eigenvalue weighted by Gasteiger charge is -2.12. The predicted octanol–water partition coefficient (Wildman–Crippen LogP) is 8.94. The van der Waals surface area contributed by atoms with E-state index < -0.39 is 0 Å². The van der Waals surface area contributed by atoms with Crippen molar-refractivity contribution >= 4 is 43.6 Å². The van der Waals surface area contributed by atoms with Crippen LogP contribution in [0.25, 0.3) is 66.4 Å². The number of fused-ring (bicyclic) bond motifs is 7. The SMILES string of the molecule is c1ccc(-c2nc3ccc4ccc5c(c6ccccc6n5-c5ccccc5)c4c3n2-c2ccccc2)cc1. The predicted molar refractivity (Wildman–Crippen MR) is 158 cm³/mol. The lowest BCUT2D eigenvalue weighted by Crippen LogP contribution is -1.98. The van der Waals surface area contributed by atoms with Crippen LogP contribution in [-0.4, -0.2) is 14.1 Å². The summed E-state index contributed by atoms with van der Waals surface area (Å²) in [4.78, 5) is 5.22. The Kier molecular flexibility index (Phi) is 4.52. The van der Waals surface area contributed by atoms with Crippen molar-refractivity contribution in [2.75, 3.05) is 0 Å². The Balaban J connectivity index is 1.62. The van der Waals surface area contributed by atoms with Crippen LogP contribution < -0.4 is 0 Å². The molecule has 0 bridgehead atoms. The van der Waals surface area contributed by atoms with Gasteiger partial charge in [-0.3, -0.25) is 4.57 Å². The second-order valence-electron chi connectivity index (χ2n) is 9.65. The summed E-state index contributed by atoms with van der Waals surface area (Å²) in [7, 11) is 0. The first-order chi connectivity index (χ1) is 18.9. The number of benzene rings is 6. The fraction of sp³-hybridized carbons (Fsp3) is 0. The molecule has 3 nitrogen and oxygen atoms in total. The molecule has 8 aromatic rings. The van der Waals surface area contributed by atoms with Gasteiger partial charge in [0.15, 0.2) is 0 Å². The first kappa shape index (κ1) is 21.0. The molecule has 0 spiro atoms. The molecule has 0 fully saturated rings. The van der Waals surface area contributed by atoms with Gasteiger partial charge in [-0.05, 0) is 47.9 Å². The van der Waals surface area contributed by atoms with Gasteiger partial charge in [-0.15, -0.1) is 0 Å². The Morgan fingerprint density at radius 1 is 0.447 bits per heavy atom. The van der Waals surface area contributed by atoms with Crippen LogP contribution in [0.4, 0.5) is 0 Å². The van der Waals surface area contributed by atoms with Crippen molar-refractivity contribution in [2.24, 2.45) is 0 Å². The summed E-state index contributed by atoms with van der Waals surface area (Å²) in [5.74, 6) is 0.947. The van der Waals surface area contributed by atoms with Crippen LogP contribution >= 0.6 is 0 Å². The number of aromatic nitrogens is 3. The van der Waals surface area contributed by atoms with E-state index in [0.717, 1.165) is 33.8 Å². The van der Waals surface area contributed by atoms with Crippen LogP contribution in [0, 0.1) is 0 Å². The molecule has 2 heterocycles. The minimum Gasteiger partial charge on any atom is -0.309 e. The maximum Gasteiger partial charge on any atom is 0.145 e. The summed E-state index contributed by atoms with van der Waals surface area (Å²) < 4.78 is 4.71. The molecule has 178 valence electrons. The summed E-state index contributed by atoms with van der Waals surface area (Å²) in [6.45, 7) is 0. The van der Waals surface area contributed by atoms with Crippen molar-refractivity contribution in [3.05, 3.63) is 140 Å². The second kappa shape index (κ2) is 8.19. The standard InChI is InChI=1S/C35H23N3/c1-4-12-25(13-5-1)35-36-29-22-20-24-21-23-31-33(32(24)34(29)38(35)27-16-8-3-9-17-27)28-18-10-11-19-30(28)37(31)26-14-6-2-7-15-26/h1-23H. The molecule has 38 heavy (non-hydrogen) atoms. The number of rotatable bonds is 3. The molecule has 8 rings (SSSR count). The summed E-state index contributed by atoms with van der Waals surface area (Å²) in [6, 6.07) is 49.3. The number of nitrogens with zero attached hydrogens (tertiary/aromatic N) is 3. The van der Waals surface area contributed by atoms with Gasteiger partial charge < -0.3 is 4.57 Å². The van der Waals surface area contributed by atoms with Gasteiger partial charge in [-0.2, -0.15) is 0 Å². The molecule has 0 atom stereocenters. The topological polar surface area (TPSA) is 22.8 Å². The molecule has 0 N–H and O–H groups in total. The molecule has 0 amide bonds. The highest BCUT2D eigenvalue weighted by Gasteiger charge is 2.21. The van der Waals surface area contributed by atoms with Crippen LogP contribution in [0.15, 0.2) is 140 Å². The van der Waals surface area contributed by atoms with Crippen LogP contribution in [0.2, 0.25) is 0 Å². The maximum absolute atomic E-state index is 5.22. The van der Waals surface area contributed by atoms with Crippen LogP contribution in [0.5, 0.6) is 0 Å². The fourth-order valence-corrected chi connectivity index (χ4v) is 5.90. The van der Waals surface area contributed by atoms with E-state index in [4.69, 9.17) is 4.98 Å². The normalized spacial score (nSPS) is 11.7. The molecular weight excluding hydrogens is 462 g/mol. The smallest absolute Gasteiger partial charge is 0.145 e. The van der Waals surface area contributed by atoms with Gasteiger partial charge in [-0.25, -0.2) is 4.98 Å². The Labute approximate surface area is 219 Å². The average Bonchev–Trinajstić information content (AvgIpc) is 3.55. The van der Waals surface area contributed by atoms with E-state index in [0.29, 0.717) is 0 Å². The van der Waals surface area contributed by atoms with E-state index in [9.17, 15) is 0 Å². The van der Waals surface area contributed by atoms with Gasteiger partial charge in [0, 0.05) is 33.1 Å². The Bertz CT molecular complexity index is 2100. The van der Waals surface area contributed by atoms with Gasteiger partial charge in [0.1, 0.15) is 5.82 Å². The van der Waals surface area contributed by atoms with Crippen molar-refractivity contribution < 1.29 is 0 Å². The zero-order valence-electron chi connectivity index (χ0n) is 20.6. The quantitative estimate of drug-likeness (QED) is 0.245. The Hall–Kier alpha value is -5.15. The van der Waals surface area contributed by atoms with Crippen molar-refractivity contribution in [1.82, 2.24) is 14.1 Å². The van der Waals surface area contributed by atoms with Crippen molar-refractivity contribution in [3.8, 4) is 22.8 Å². The van der Waals surface area contributed by atoms with E-state index in [1.54, 1.807) is 0 Å². The minimum atomic E-state index is 0.947. The molecule has 0 aliphatic rings. The van der Waals surface area contributed by atoms with Gasteiger partial charge in [0.2, 0.25) is 0 Å². The third kappa shape index (κ3) is 2.99. The first-order valence-corrected chi connectivity index (χ1v) is 12.9. The molecule has 0 aliphatic carbocycles. The van der Waals surface area contributed by atoms with Gasteiger partial charge >= 0.3 is 0 Å². The van der Waals surface area contributed by atoms with Crippen molar-refractivity contribution in [2.45, 2.75) is 0 Å². The average molecular weight is 486 g/mol. The van der Waals surface area contributed by atoms with Crippen LogP contribution in [-0.2, 0) is 0 Å². The molecule has 0 aliphatic heterocycles. The van der Waals surface area contributed by atoms with E-state index >= 15 is 0 Å².